The molecule has 2 aromatic carbocycles. The van der Waals surface area contributed by atoms with E-state index in [1.165, 1.54) is 6.26 Å². The molecule has 0 saturated heterocycles. The van der Waals surface area contributed by atoms with E-state index in [0.717, 1.165) is 5.56 Å². The van der Waals surface area contributed by atoms with E-state index in [1.807, 2.05) is 30.3 Å². The number of amides is 1. The SMILES string of the molecule is NC(=O)C(OC(=O)c1occc1-c1ccccc1)c1ccccc1. The summed E-state index contributed by atoms with van der Waals surface area (Å²) >= 11 is 0. The van der Waals surface area contributed by atoms with Gasteiger partial charge in [-0.05, 0) is 11.6 Å². The Kier molecular flexibility index (Phi) is 4.43. The lowest BCUT2D eigenvalue weighted by Crippen LogP contribution is -2.26. The number of primary amides is 1. The van der Waals surface area contributed by atoms with Crippen LogP contribution in [-0.2, 0) is 9.53 Å². The number of rotatable bonds is 5. The third kappa shape index (κ3) is 3.20. The predicted molar refractivity (Wildman–Crippen MR) is 87.9 cm³/mol. The molecule has 2 N–H and O–H groups in total. The minimum Gasteiger partial charge on any atom is -0.457 e. The van der Waals surface area contributed by atoms with Crippen molar-refractivity contribution in [2.75, 3.05) is 0 Å². The van der Waals surface area contributed by atoms with Gasteiger partial charge in [-0.25, -0.2) is 4.79 Å². The van der Waals surface area contributed by atoms with Crippen molar-refractivity contribution < 1.29 is 18.7 Å². The zero-order chi connectivity index (χ0) is 16.9. The van der Waals surface area contributed by atoms with Gasteiger partial charge in [-0.1, -0.05) is 60.7 Å². The van der Waals surface area contributed by atoms with Crippen molar-refractivity contribution in [3.63, 3.8) is 0 Å². The Balaban J connectivity index is 1.88. The zero-order valence-electron chi connectivity index (χ0n) is 12.7. The molecule has 5 nitrogen and oxygen atoms in total. The van der Waals surface area contributed by atoms with Crippen LogP contribution in [0.4, 0.5) is 0 Å². The van der Waals surface area contributed by atoms with Gasteiger partial charge in [-0.2, -0.15) is 0 Å². The van der Waals surface area contributed by atoms with Crippen LogP contribution >= 0.6 is 0 Å². The molecule has 1 aromatic heterocycles. The third-order valence-corrected chi connectivity index (χ3v) is 3.52. The van der Waals surface area contributed by atoms with Crippen LogP contribution in [0.25, 0.3) is 11.1 Å². The molecule has 24 heavy (non-hydrogen) atoms. The van der Waals surface area contributed by atoms with E-state index >= 15 is 0 Å². The van der Waals surface area contributed by atoms with Crippen molar-refractivity contribution in [2.45, 2.75) is 6.10 Å². The molecule has 1 unspecified atom stereocenters. The number of nitrogens with two attached hydrogens (primary N) is 1. The van der Waals surface area contributed by atoms with Gasteiger partial charge in [0.2, 0.25) is 11.9 Å². The molecule has 0 bridgehead atoms. The molecule has 0 saturated carbocycles. The predicted octanol–water partition coefficient (Wildman–Crippen LogP) is 3.33. The van der Waals surface area contributed by atoms with Crippen molar-refractivity contribution in [2.24, 2.45) is 5.73 Å². The lowest BCUT2D eigenvalue weighted by Gasteiger charge is -2.14. The van der Waals surface area contributed by atoms with Gasteiger partial charge in [0.25, 0.3) is 5.91 Å². The van der Waals surface area contributed by atoms with E-state index in [-0.39, 0.29) is 5.76 Å². The Bertz CT molecular complexity index is 840. The first-order valence-corrected chi connectivity index (χ1v) is 7.35. The van der Waals surface area contributed by atoms with Crippen LogP contribution < -0.4 is 5.73 Å². The monoisotopic (exact) mass is 321 g/mol. The lowest BCUT2D eigenvalue weighted by atomic mass is 10.1. The smallest absolute Gasteiger partial charge is 0.376 e. The topological polar surface area (TPSA) is 82.5 Å². The van der Waals surface area contributed by atoms with Crippen LogP contribution in [0.1, 0.15) is 22.2 Å². The Morgan fingerprint density at radius 1 is 0.917 bits per heavy atom. The quantitative estimate of drug-likeness (QED) is 0.731. The highest BCUT2D eigenvalue weighted by Gasteiger charge is 2.26. The number of ether oxygens (including phenoxy) is 1. The van der Waals surface area contributed by atoms with Crippen LogP contribution in [0.3, 0.4) is 0 Å². The highest BCUT2D eigenvalue weighted by molar-refractivity contribution is 5.96. The molecule has 0 aliphatic heterocycles. The molecule has 3 rings (SSSR count). The van der Waals surface area contributed by atoms with Gasteiger partial charge < -0.3 is 14.9 Å². The van der Waals surface area contributed by atoms with Gasteiger partial charge >= 0.3 is 5.97 Å². The molecule has 0 spiro atoms. The number of carbonyl (C=O) groups excluding carboxylic acids is 2. The summed E-state index contributed by atoms with van der Waals surface area (Å²) in [5, 5.41) is 0. The number of esters is 1. The van der Waals surface area contributed by atoms with Crippen molar-refractivity contribution in [1.29, 1.82) is 0 Å². The first kappa shape index (κ1) is 15.6. The summed E-state index contributed by atoms with van der Waals surface area (Å²) < 4.78 is 10.6. The van der Waals surface area contributed by atoms with E-state index in [2.05, 4.69) is 0 Å². The maximum atomic E-state index is 12.5. The minimum atomic E-state index is -1.17. The van der Waals surface area contributed by atoms with Gasteiger partial charge in [0, 0.05) is 11.1 Å². The van der Waals surface area contributed by atoms with Crippen molar-refractivity contribution in [1.82, 2.24) is 0 Å². The molecule has 0 aliphatic carbocycles. The van der Waals surface area contributed by atoms with Gasteiger partial charge in [-0.3, -0.25) is 4.79 Å². The Hall–Kier alpha value is -3.34. The number of furan rings is 1. The molecule has 5 heteroatoms. The molecule has 120 valence electrons. The molecule has 0 fully saturated rings. The van der Waals surface area contributed by atoms with Crippen LogP contribution in [0.15, 0.2) is 77.4 Å². The van der Waals surface area contributed by atoms with Gasteiger partial charge in [0.15, 0.2) is 0 Å². The van der Waals surface area contributed by atoms with E-state index in [1.54, 1.807) is 36.4 Å². The summed E-state index contributed by atoms with van der Waals surface area (Å²) in [6.07, 6.45) is 0.230. The summed E-state index contributed by atoms with van der Waals surface area (Å²) in [7, 11) is 0. The molecule has 1 heterocycles. The molecule has 0 radical (unpaired) electrons. The largest absolute Gasteiger partial charge is 0.457 e. The minimum absolute atomic E-state index is 0.0309. The highest BCUT2D eigenvalue weighted by atomic mass is 16.6. The Morgan fingerprint density at radius 3 is 2.17 bits per heavy atom. The summed E-state index contributed by atoms with van der Waals surface area (Å²) in [4.78, 5) is 24.1. The van der Waals surface area contributed by atoms with Gasteiger partial charge in [-0.15, -0.1) is 0 Å². The van der Waals surface area contributed by atoms with Crippen molar-refractivity contribution in [3.8, 4) is 11.1 Å². The average molecular weight is 321 g/mol. The molecular weight excluding hydrogens is 306 g/mol. The molecule has 0 aliphatic rings. The van der Waals surface area contributed by atoms with Gasteiger partial charge in [0.1, 0.15) is 0 Å². The fraction of sp³-hybridized carbons (Fsp3) is 0.0526. The first-order chi connectivity index (χ1) is 11.7. The molecule has 3 aromatic rings. The number of hydrogen-bond acceptors (Lipinski definition) is 4. The number of hydrogen-bond donors (Lipinski definition) is 1. The summed E-state index contributed by atoms with van der Waals surface area (Å²) in [6.45, 7) is 0. The van der Waals surface area contributed by atoms with E-state index in [4.69, 9.17) is 14.9 Å². The van der Waals surface area contributed by atoms with Crippen molar-refractivity contribution >= 4 is 11.9 Å². The fourth-order valence-electron chi connectivity index (χ4n) is 2.39. The van der Waals surface area contributed by atoms with E-state index in [0.29, 0.717) is 11.1 Å². The second-order valence-electron chi connectivity index (χ2n) is 5.13. The van der Waals surface area contributed by atoms with Crippen LogP contribution in [0.2, 0.25) is 0 Å². The lowest BCUT2D eigenvalue weighted by molar-refractivity contribution is -0.127. The average Bonchev–Trinajstić information content (AvgIpc) is 3.10. The van der Waals surface area contributed by atoms with Gasteiger partial charge in [0.05, 0.1) is 6.26 Å². The second-order valence-corrected chi connectivity index (χ2v) is 5.13. The first-order valence-electron chi connectivity index (χ1n) is 7.35. The van der Waals surface area contributed by atoms with Crippen LogP contribution in [0, 0.1) is 0 Å². The Morgan fingerprint density at radius 2 is 1.54 bits per heavy atom. The number of carbonyl (C=O) groups is 2. The summed E-state index contributed by atoms with van der Waals surface area (Å²) in [5.41, 5.74) is 7.29. The second kappa shape index (κ2) is 6.83. The van der Waals surface area contributed by atoms with Crippen molar-refractivity contribution in [3.05, 3.63) is 84.3 Å². The maximum Gasteiger partial charge on any atom is 0.376 e. The normalized spacial score (nSPS) is 11.7. The third-order valence-electron chi connectivity index (χ3n) is 3.52. The van der Waals surface area contributed by atoms with Crippen LogP contribution in [0.5, 0.6) is 0 Å². The molecule has 1 atom stereocenters. The van der Waals surface area contributed by atoms with E-state index in [9.17, 15) is 9.59 Å². The van der Waals surface area contributed by atoms with Crippen LogP contribution in [-0.4, -0.2) is 11.9 Å². The highest BCUT2D eigenvalue weighted by Crippen LogP contribution is 2.27. The Labute approximate surface area is 138 Å². The molecular formula is C19H15NO4. The summed E-state index contributed by atoms with van der Waals surface area (Å²) in [6, 6.07) is 19.6. The maximum absolute atomic E-state index is 12.5. The fourth-order valence-corrected chi connectivity index (χ4v) is 2.39. The standard InChI is InChI=1S/C19H15NO4/c20-18(21)16(14-9-5-2-6-10-14)24-19(22)17-15(11-12-23-17)13-7-3-1-4-8-13/h1-12,16H,(H2,20,21). The van der Waals surface area contributed by atoms with E-state index < -0.39 is 18.0 Å². The zero-order valence-corrected chi connectivity index (χ0v) is 12.7. The summed E-state index contributed by atoms with van der Waals surface area (Å²) in [5.74, 6) is -1.46. The molecule has 1 amide bonds. The number of benzene rings is 2.